The Labute approximate surface area is 175 Å². The molecule has 0 aromatic heterocycles. The molecule has 2 amide bonds. The molecular formula is C22H39N3O4. The molecule has 1 fully saturated rings. The maximum Gasteiger partial charge on any atom is 0.331 e. The number of amides is 2. The zero-order chi connectivity index (χ0) is 22.5. The molecule has 1 saturated heterocycles. The molecular weight excluding hydrogens is 370 g/mol. The van der Waals surface area contributed by atoms with Gasteiger partial charge in [-0.15, -0.1) is 0 Å². The van der Waals surface area contributed by atoms with Gasteiger partial charge in [-0.3, -0.25) is 9.59 Å². The predicted octanol–water partition coefficient (Wildman–Crippen LogP) is 2.42. The normalized spacial score (nSPS) is 22.7. The summed E-state index contributed by atoms with van der Waals surface area (Å²) in [6, 6.07) is -1.39. The maximum atomic E-state index is 13.4. The summed E-state index contributed by atoms with van der Waals surface area (Å²) in [6.07, 6.45) is 3.40. The minimum absolute atomic E-state index is 0.0235. The third kappa shape index (κ3) is 7.14. The quantitative estimate of drug-likeness (QED) is 0.561. The van der Waals surface area contributed by atoms with Crippen LogP contribution in [0, 0.1) is 17.3 Å². The van der Waals surface area contributed by atoms with Gasteiger partial charge < -0.3 is 20.6 Å². The van der Waals surface area contributed by atoms with E-state index in [1.165, 1.54) is 6.92 Å². The standard InChI is InChI=1S/C22H39N3O4/c1-13(2)17(12-15(4)21(28)29)25(8)20(27)18(22(5,6)7)24-19(26)16-11-14(3)9-10-23-16/h12-14,16-18,23H,9-11H2,1-8H3,(H,24,26)(H,28,29)/t14-,16-,17-,18-/m1/s1. The number of carboxylic acid groups (broad SMARTS) is 1. The monoisotopic (exact) mass is 409 g/mol. The zero-order valence-corrected chi connectivity index (χ0v) is 19.2. The van der Waals surface area contributed by atoms with Crippen LogP contribution in [0.4, 0.5) is 0 Å². The Morgan fingerprint density at radius 2 is 1.83 bits per heavy atom. The number of carbonyl (C=O) groups excluding carboxylic acids is 2. The summed E-state index contributed by atoms with van der Waals surface area (Å²) in [5.41, 5.74) is -0.297. The first-order chi connectivity index (χ1) is 13.3. The van der Waals surface area contributed by atoms with Gasteiger partial charge in [-0.1, -0.05) is 47.6 Å². The summed E-state index contributed by atoms with van der Waals surface area (Å²) in [7, 11) is 1.67. The van der Waals surface area contributed by atoms with Crippen LogP contribution >= 0.6 is 0 Å². The molecule has 0 aliphatic carbocycles. The molecule has 0 saturated carbocycles. The molecule has 0 unspecified atom stereocenters. The summed E-state index contributed by atoms with van der Waals surface area (Å²) in [4.78, 5) is 39.1. The van der Waals surface area contributed by atoms with Crippen molar-refractivity contribution in [2.24, 2.45) is 17.3 Å². The van der Waals surface area contributed by atoms with E-state index in [0.29, 0.717) is 5.92 Å². The first-order valence-electron chi connectivity index (χ1n) is 10.5. The van der Waals surface area contributed by atoms with E-state index in [1.54, 1.807) is 18.0 Å². The lowest BCUT2D eigenvalue weighted by molar-refractivity contribution is -0.140. The molecule has 0 aromatic rings. The molecule has 1 aliphatic rings. The van der Waals surface area contributed by atoms with Gasteiger partial charge in [0.05, 0.1) is 12.1 Å². The van der Waals surface area contributed by atoms with Crippen molar-refractivity contribution in [1.29, 1.82) is 0 Å². The van der Waals surface area contributed by atoms with Gasteiger partial charge in [0.25, 0.3) is 0 Å². The van der Waals surface area contributed by atoms with E-state index in [0.717, 1.165) is 19.4 Å². The molecule has 7 nitrogen and oxygen atoms in total. The van der Waals surface area contributed by atoms with E-state index in [-0.39, 0.29) is 35.4 Å². The van der Waals surface area contributed by atoms with Crippen molar-refractivity contribution in [1.82, 2.24) is 15.5 Å². The average molecular weight is 410 g/mol. The van der Waals surface area contributed by atoms with Gasteiger partial charge in [-0.05, 0) is 43.6 Å². The van der Waals surface area contributed by atoms with Crippen LogP contribution in [-0.4, -0.2) is 59.5 Å². The number of aliphatic carboxylic acids is 1. The molecule has 1 heterocycles. The summed E-state index contributed by atoms with van der Waals surface area (Å²) >= 11 is 0. The van der Waals surface area contributed by atoms with Gasteiger partial charge in [-0.25, -0.2) is 4.79 Å². The zero-order valence-electron chi connectivity index (χ0n) is 19.2. The topological polar surface area (TPSA) is 98.7 Å². The fourth-order valence-electron chi connectivity index (χ4n) is 3.63. The first kappa shape index (κ1) is 25.1. The Kier molecular flexibility index (Phi) is 8.87. The second kappa shape index (κ2) is 10.2. The highest BCUT2D eigenvalue weighted by Gasteiger charge is 2.38. The lowest BCUT2D eigenvalue weighted by atomic mass is 9.84. The van der Waals surface area contributed by atoms with E-state index >= 15 is 0 Å². The maximum absolute atomic E-state index is 13.4. The van der Waals surface area contributed by atoms with Crippen LogP contribution in [0.1, 0.15) is 61.3 Å². The fraction of sp³-hybridized carbons (Fsp3) is 0.773. The minimum atomic E-state index is -1.00. The van der Waals surface area contributed by atoms with Gasteiger partial charge >= 0.3 is 5.97 Å². The number of hydrogen-bond acceptors (Lipinski definition) is 4. The minimum Gasteiger partial charge on any atom is -0.478 e. The number of nitrogens with zero attached hydrogens (tertiary/aromatic N) is 1. The number of carboxylic acids is 1. The van der Waals surface area contributed by atoms with Gasteiger partial charge in [0.1, 0.15) is 6.04 Å². The Hall–Kier alpha value is -1.89. The van der Waals surface area contributed by atoms with Crippen molar-refractivity contribution in [2.75, 3.05) is 13.6 Å². The number of nitrogens with one attached hydrogen (secondary N) is 2. The number of carbonyl (C=O) groups is 3. The molecule has 0 bridgehead atoms. The Morgan fingerprint density at radius 1 is 1.24 bits per heavy atom. The second-order valence-corrected chi connectivity index (χ2v) is 9.78. The van der Waals surface area contributed by atoms with E-state index in [2.05, 4.69) is 17.6 Å². The average Bonchev–Trinajstić information content (AvgIpc) is 2.61. The lowest BCUT2D eigenvalue weighted by Crippen LogP contribution is -2.59. The molecule has 29 heavy (non-hydrogen) atoms. The molecule has 1 rings (SSSR count). The molecule has 0 radical (unpaired) electrons. The van der Waals surface area contributed by atoms with Crippen molar-refractivity contribution in [3.05, 3.63) is 11.6 Å². The largest absolute Gasteiger partial charge is 0.478 e. The molecule has 1 aliphatic heterocycles. The van der Waals surface area contributed by atoms with E-state index in [1.807, 2.05) is 34.6 Å². The van der Waals surface area contributed by atoms with E-state index in [9.17, 15) is 19.5 Å². The second-order valence-electron chi connectivity index (χ2n) is 9.78. The summed E-state index contributed by atoms with van der Waals surface area (Å²) in [5, 5.41) is 15.4. The van der Waals surface area contributed by atoms with Gasteiger partial charge in [0.2, 0.25) is 11.8 Å². The van der Waals surface area contributed by atoms with Gasteiger partial charge in [0.15, 0.2) is 0 Å². The van der Waals surface area contributed by atoms with Crippen molar-refractivity contribution in [3.8, 4) is 0 Å². The molecule has 0 spiro atoms. The van der Waals surface area contributed by atoms with Crippen LogP contribution < -0.4 is 10.6 Å². The summed E-state index contributed by atoms with van der Waals surface area (Å²) in [6.45, 7) is 14.1. The number of piperidine rings is 1. The van der Waals surface area contributed by atoms with E-state index in [4.69, 9.17) is 0 Å². The van der Waals surface area contributed by atoms with Crippen LogP contribution in [0.25, 0.3) is 0 Å². The predicted molar refractivity (Wildman–Crippen MR) is 114 cm³/mol. The molecule has 7 heteroatoms. The van der Waals surface area contributed by atoms with Crippen LogP contribution in [0.3, 0.4) is 0 Å². The Morgan fingerprint density at radius 3 is 2.28 bits per heavy atom. The SMILES string of the molecule is CC(=C[C@H](C(C)C)N(C)C(=O)[C@@H](NC(=O)[C@H]1C[C@H](C)CCN1)C(C)(C)C)C(=O)O. The summed E-state index contributed by atoms with van der Waals surface area (Å²) in [5.74, 6) is -0.891. The molecule has 166 valence electrons. The van der Waals surface area contributed by atoms with Crippen LogP contribution in [0.2, 0.25) is 0 Å². The van der Waals surface area contributed by atoms with Crippen molar-refractivity contribution < 1.29 is 19.5 Å². The number of hydrogen-bond donors (Lipinski definition) is 3. The number of rotatable bonds is 7. The molecule has 4 atom stereocenters. The highest BCUT2D eigenvalue weighted by atomic mass is 16.4. The van der Waals surface area contributed by atoms with Gasteiger partial charge in [0, 0.05) is 12.6 Å². The smallest absolute Gasteiger partial charge is 0.331 e. The third-order valence-electron chi connectivity index (χ3n) is 5.62. The Balaban J connectivity index is 3.07. The van der Waals surface area contributed by atoms with Crippen LogP contribution in [-0.2, 0) is 14.4 Å². The highest BCUT2D eigenvalue weighted by Crippen LogP contribution is 2.24. The highest BCUT2D eigenvalue weighted by molar-refractivity contribution is 5.91. The number of likely N-dealkylation sites (N-methyl/N-ethyl adjacent to an activating group) is 1. The third-order valence-corrected chi connectivity index (χ3v) is 5.62. The molecule has 3 N–H and O–H groups in total. The first-order valence-corrected chi connectivity index (χ1v) is 10.5. The molecule has 0 aromatic carbocycles. The Bertz CT molecular complexity index is 636. The van der Waals surface area contributed by atoms with Crippen LogP contribution in [0.5, 0.6) is 0 Å². The van der Waals surface area contributed by atoms with Crippen molar-refractivity contribution in [3.63, 3.8) is 0 Å². The fourth-order valence-corrected chi connectivity index (χ4v) is 3.63. The van der Waals surface area contributed by atoms with Crippen molar-refractivity contribution >= 4 is 17.8 Å². The van der Waals surface area contributed by atoms with Gasteiger partial charge in [-0.2, -0.15) is 0 Å². The van der Waals surface area contributed by atoms with E-state index < -0.39 is 17.4 Å². The van der Waals surface area contributed by atoms with Crippen molar-refractivity contribution in [2.45, 2.75) is 79.4 Å². The lowest BCUT2D eigenvalue weighted by Gasteiger charge is -2.38. The summed E-state index contributed by atoms with van der Waals surface area (Å²) < 4.78 is 0. The van der Waals surface area contributed by atoms with Crippen LogP contribution in [0.15, 0.2) is 11.6 Å².